The van der Waals surface area contributed by atoms with E-state index >= 15 is 0 Å². The molecule has 0 amide bonds. The van der Waals surface area contributed by atoms with E-state index in [2.05, 4.69) is 15.3 Å². The van der Waals surface area contributed by atoms with Crippen molar-refractivity contribution in [2.24, 2.45) is 0 Å². The van der Waals surface area contributed by atoms with E-state index in [4.69, 9.17) is 9.47 Å². The molecule has 0 saturated heterocycles. The molecule has 5 nitrogen and oxygen atoms in total. The van der Waals surface area contributed by atoms with Crippen LogP contribution in [0.1, 0.15) is 12.2 Å². The van der Waals surface area contributed by atoms with Gasteiger partial charge in [-0.2, -0.15) is 0 Å². The lowest BCUT2D eigenvalue weighted by Gasteiger charge is -2.04. The number of nitrogens with one attached hydrogen (secondary N) is 2. The van der Waals surface area contributed by atoms with Crippen LogP contribution in [0.5, 0.6) is 11.5 Å². The maximum atomic E-state index is 5.33. The second-order valence-corrected chi connectivity index (χ2v) is 4.08. The predicted octanol–water partition coefficient (Wildman–Crippen LogP) is 1.73. The molecule has 0 spiro atoms. The van der Waals surface area contributed by atoms with E-state index in [0.29, 0.717) is 0 Å². The highest BCUT2D eigenvalue weighted by Crippen LogP contribution is 2.31. The molecule has 0 aliphatic heterocycles. The first kappa shape index (κ1) is 12.7. The molecule has 18 heavy (non-hydrogen) atoms. The first-order valence-corrected chi connectivity index (χ1v) is 6.04. The largest absolute Gasteiger partial charge is 0.494 e. The Morgan fingerprint density at radius 1 is 1.22 bits per heavy atom. The Labute approximate surface area is 107 Å². The van der Waals surface area contributed by atoms with Crippen LogP contribution in [-0.2, 0) is 6.42 Å². The third kappa shape index (κ3) is 2.41. The van der Waals surface area contributed by atoms with Crippen LogP contribution in [0, 0.1) is 0 Å². The molecule has 0 saturated carbocycles. The number of nitrogens with zero attached hydrogens (tertiary/aromatic N) is 1. The summed E-state index contributed by atoms with van der Waals surface area (Å²) in [4.78, 5) is 7.88. The molecule has 1 aromatic heterocycles. The summed E-state index contributed by atoms with van der Waals surface area (Å²) in [5.41, 5.74) is 1.73. The van der Waals surface area contributed by atoms with E-state index < -0.39 is 0 Å². The number of hydrogen-bond acceptors (Lipinski definition) is 4. The van der Waals surface area contributed by atoms with Crippen LogP contribution in [0.2, 0.25) is 0 Å². The maximum Gasteiger partial charge on any atom is 0.146 e. The summed E-state index contributed by atoms with van der Waals surface area (Å²) >= 11 is 0. The fourth-order valence-corrected chi connectivity index (χ4v) is 1.98. The predicted molar refractivity (Wildman–Crippen MR) is 71.4 cm³/mol. The van der Waals surface area contributed by atoms with E-state index in [9.17, 15) is 0 Å². The van der Waals surface area contributed by atoms with E-state index in [0.717, 1.165) is 47.7 Å². The lowest BCUT2D eigenvalue weighted by molar-refractivity contribution is 0.409. The number of imidazole rings is 1. The van der Waals surface area contributed by atoms with Crippen molar-refractivity contribution in [3.8, 4) is 11.5 Å². The maximum absolute atomic E-state index is 5.33. The topological polar surface area (TPSA) is 59.2 Å². The minimum Gasteiger partial charge on any atom is -0.494 e. The Kier molecular flexibility index (Phi) is 4.04. The second kappa shape index (κ2) is 5.73. The van der Waals surface area contributed by atoms with Gasteiger partial charge in [-0.3, -0.25) is 0 Å². The van der Waals surface area contributed by atoms with Gasteiger partial charge in [0, 0.05) is 6.42 Å². The van der Waals surface area contributed by atoms with Crippen molar-refractivity contribution in [2.75, 3.05) is 27.8 Å². The van der Waals surface area contributed by atoms with Gasteiger partial charge in [0.15, 0.2) is 0 Å². The molecule has 1 aromatic carbocycles. The standard InChI is InChI=1S/C13H19N3O2/c1-14-8-4-5-11-15-12-9(17-2)6-7-10(18-3)13(12)16-11/h6-7,14H,4-5,8H2,1-3H3,(H,15,16). The van der Waals surface area contributed by atoms with Gasteiger partial charge >= 0.3 is 0 Å². The summed E-state index contributed by atoms with van der Waals surface area (Å²) in [6, 6.07) is 3.76. The number of fused-ring (bicyclic) bond motifs is 1. The van der Waals surface area contributed by atoms with Gasteiger partial charge in [0.25, 0.3) is 0 Å². The fourth-order valence-electron chi connectivity index (χ4n) is 1.98. The number of aryl methyl sites for hydroxylation is 1. The molecule has 0 atom stereocenters. The van der Waals surface area contributed by atoms with E-state index in [-0.39, 0.29) is 0 Å². The number of rotatable bonds is 6. The van der Waals surface area contributed by atoms with Gasteiger partial charge in [-0.15, -0.1) is 0 Å². The van der Waals surface area contributed by atoms with Crippen LogP contribution < -0.4 is 14.8 Å². The van der Waals surface area contributed by atoms with Crippen molar-refractivity contribution in [3.63, 3.8) is 0 Å². The molecule has 2 N–H and O–H groups in total. The van der Waals surface area contributed by atoms with Crippen LogP contribution in [0.4, 0.5) is 0 Å². The average molecular weight is 249 g/mol. The highest BCUT2D eigenvalue weighted by Gasteiger charge is 2.12. The zero-order chi connectivity index (χ0) is 13.0. The smallest absolute Gasteiger partial charge is 0.146 e. The van der Waals surface area contributed by atoms with E-state index in [1.807, 2.05) is 19.2 Å². The molecular formula is C13H19N3O2. The summed E-state index contributed by atoms with van der Waals surface area (Å²) in [6.45, 7) is 0.977. The molecule has 0 fully saturated rings. The number of aromatic nitrogens is 2. The number of ether oxygens (including phenoxy) is 2. The minimum atomic E-state index is 0.766. The summed E-state index contributed by atoms with van der Waals surface area (Å²) in [7, 11) is 5.25. The van der Waals surface area contributed by atoms with Gasteiger partial charge in [-0.25, -0.2) is 4.98 Å². The van der Waals surface area contributed by atoms with Crippen LogP contribution in [0.25, 0.3) is 11.0 Å². The quantitative estimate of drug-likeness (QED) is 0.765. The molecule has 0 bridgehead atoms. The van der Waals surface area contributed by atoms with Gasteiger partial charge < -0.3 is 19.8 Å². The van der Waals surface area contributed by atoms with Crippen molar-refractivity contribution >= 4 is 11.0 Å². The first-order valence-electron chi connectivity index (χ1n) is 6.04. The first-order chi connectivity index (χ1) is 8.80. The Morgan fingerprint density at radius 2 is 1.94 bits per heavy atom. The zero-order valence-corrected chi connectivity index (χ0v) is 11.0. The third-order valence-corrected chi connectivity index (χ3v) is 2.90. The van der Waals surface area contributed by atoms with Crippen molar-refractivity contribution in [1.29, 1.82) is 0 Å². The van der Waals surface area contributed by atoms with Gasteiger partial charge in [0.2, 0.25) is 0 Å². The number of benzene rings is 1. The van der Waals surface area contributed by atoms with Gasteiger partial charge in [-0.1, -0.05) is 0 Å². The summed E-state index contributed by atoms with van der Waals surface area (Å²) in [5.74, 6) is 2.52. The fraction of sp³-hybridized carbons (Fsp3) is 0.462. The molecule has 98 valence electrons. The number of aromatic amines is 1. The van der Waals surface area contributed by atoms with E-state index in [1.54, 1.807) is 14.2 Å². The normalized spacial score (nSPS) is 10.8. The Balaban J connectivity index is 2.35. The van der Waals surface area contributed by atoms with Gasteiger partial charge in [-0.05, 0) is 32.1 Å². The number of methoxy groups -OCH3 is 2. The van der Waals surface area contributed by atoms with Crippen molar-refractivity contribution < 1.29 is 9.47 Å². The SMILES string of the molecule is CNCCCc1nc2c(OC)ccc(OC)c2[nH]1. The van der Waals surface area contributed by atoms with Crippen molar-refractivity contribution in [3.05, 3.63) is 18.0 Å². The third-order valence-electron chi connectivity index (χ3n) is 2.90. The monoisotopic (exact) mass is 249 g/mol. The molecule has 5 heteroatoms. The van der Waals surface area contributed by atoms with Crippen LogP contribution in [-0.4, -0.2) is 37.8 Å². The molecule has 2 rings (SSSR count). The average Bonchev–Trinajstić information content (AvgIpc) is 2.81. The zero-order valence-electron chi connectivity index (χ0n) is 11.0. The number of H-pyrrole nitrogens is 1. The summed E-state index contributed by atoms with van der Waals surface area (Å²) < 4.78 is 10.6. The van der Waals surface area contributed by atoms with Crippen LogP contribution in [0.3, 0.4) is 0 Å². The molecular weight excluding hydrogens is 230 g/mol. The Hall–Kier alpha value is -1.75. The lowest BCUT2D eigenvalue weighted by atomic mass is 10.2. The highest BCUT2D eigenvalue weighted by molar-refractivity contribution is 5.87. The van der Waals surface area contributed by atoms with Gasteiger partial charge in [0.1, 0.15) is 28.4 Å². The summed E-state index contributed by atoms with van der Waals surface area (Å²) in [6.07, 6.45) is 1.95. The summed E-state index contributed by atoms with van der Waals surface area (Å²) in [5, 5.41) is 3.13. The second-order valence-electron chi connectivity index (χ2n) is 4.08. The van der Waals surface area contributed by atoms with Crippen molar-refractivity contribution in [1.82, 2.24) is 15.3 Å². The van der Waals surface area contributed by atoms with Gasteiger partial charge in [0.05, 0.1) is 14.2 Å². The van der Waals surface area contributed by atoms with Crippen LogP contribution >= 0.6 is 0 Å². The lowest BCUT2D eigenvalue weighted by Crippen LogP contribution is -2.08. The Bertz CT molecular complexity index is 481. The van der Waals surface area contributed by atoms with Crippen molar-refractivity contribution in [2.45, 2.75) is 12.8 Å². The Morgan fingerprint density at radius 3 is 2.61 bits per heavy atom. The molecule has 2 aromatic rings. The molecule has 1 heterocycles. The molecule has 0 aliphatic rings. The van der Waals surface area contributed by atoms with Crippen LogP contribution in [0.15, 0.2) is 12.1 Å². The van der Waals surface area contributed by atoms with E-state index in [1.165, 1.54) is 0 Å². The highest BCUT2D eigenvalue weighted by atomic mass is 16.5. The molecule has 0 radical (unpaired) electrons. The number of hydrogen-bond donors (Lipinski definition) is 2. The molecule has 0 aliphatic carbocycles. The minimum absolute atomic E-state index is 0.766. The molecule has 0 unspecified atom stereocenters.